The van der Waals surface area contributed by atoms with Gasteiger partial charge in [-0.15, -0.1) is 0 Å². The maximum absolute atomic E-state index is 12.3. The quantitative estimate of drug-likeness (QED) is 0.781. The Morgan fingerprint density at radius 1 is 1.17 bits per heavy atom. The topological polar surface area (TPSA) is 30.0 Å². The Balaban J connectivity index is 2.35. The molecule has 0 fully saturated rings. The highest BCUT2D eigenvalue weighted by atomic mass is 35.5. The van der Waals surface area contributed by atoms with Crippen molar-refractivity contribution in [3.8, 4) is 0 Å². The van der Waals surface area contributed by atoms with Crippen LogP contribution < -0.4 is 0 Å². The molecule has 0 aliphatic rings. The molecule has 1 aromatic heterocycles. The van der Waals surface area contributed by atoms with E-state index in [0.29, 0.717) is 15.6 Å². The van der Waals surface area contributed by atoms with Crippen molar-refractivity contribution in [3.63, 3.8) is 0 Å². The van der Waals surface area contributed by atoms with Crippen molar-refractivity contribution in [2.24, 2.45) is 0 Å². The number of aromatic nitrogens is 1. The summed E-state index contributed by atoms with van der Waals surface area (Å²) >= 11 is 12.0. The zero-order valence-electron chi connectivity index (χ0n) is 9.73. The van der Waals surface area contributed by atoms with Crippen molar-refractivity contribution in [2.75, 3.05) is 0 Å². The van der Waals surface area contributed by atoms with E-state index in [-0.39, 0.29) is 11.7 Å². The first-order chi connectivity index (χ1) is 8.61. The highest BCUT2D eigenvalue weighted by Crippen LogP contribution is 2.29. The molecule has 0 saturated heterocycles. The van der Waals surface area contributed by atoms with Crippen LogP contribution in [0.1, 0.15) is 28.9 Å². The van der Waals surface area contributed by atoms with Gasteiger partial charge in [-0.2, -0.15) is 0 Å². The molecule has 92 valence electrons. The Bertz CT molecular complexity index is 569. The number of ketones is 1. The van der Waals surface area contributed by atoms with Crippen LogP contribution in [0, 0.1) is 0 Å². The fourth-order valence-electron chi connectivity index (χ4n) is 1.69. The van der Waals surface area contributed by atoms with E-state index in [1.165, 1.54) is 0 Å². The molecule has 0 bridgehead atoms. The van der Waals surface area contributed by atoms with Gasteiger partial charge in [0.25, 0.3) is 0 Å². The Hall–Kier alpha value is -1.38. The van der Waals surface area contributed by atoms with Gasteiger partial charge in [-0.25, -0.2) is 0 Å². The van der Waals surface area contributed by atoms with Crippen LogP contribution in [0.4, 0.5) is 0 Å². The van der Waals surface area contributed by atoms with Gasteiger partial charge in [0.05, 0.1) is 21.7 Å². The predicted octanol–water partition coefficient (Wildman–Crippen LogP) is 4.37. The normalized spacial score (nSPS) is 12.2. The van der Waals surface area contributed by atoms with Crippen molar-refractivity contribution >= 4 is 29.0 Å². The number of Topliss-reactive ketones (excluding diaryl/α,β-unsaturated/α-hetero) is 1. The molecule has 2 nitrogen and oxygen atoms in total. The van der Waals surface area contributed by atoms with E-state index < -0.39 is 0 Å². The van der Waals surface area contributed by atoms with Crippen LogP contribution in [-0.4, -0.2) is 10.8 Å². The predicted molar refractivity (Wildman–Crippen MR) is 73.4 cm³/mol. The van der Waals surface area contributed by atoms with Gasteiger partial charge in [0.15, 0.2) is 5.78 Å². The summed E-state index contributed by atoms with van der Waals surface area (Å²) in [6, 6.07) is 10.5. The molecule has 0 aliphatic carbocycles. The minimum atomic E-state index is -0.345. The molecule has 4 heteroatoms. The van der Waals surface area contributed by atoms with Crippen molar-refractivity contribution < 1.29 is 4.79 Å². The highest BCUT2D eigenvalue weighted by Gasteiger charge is 2.21. The van der Waals surface area contributed by atoms with Gasteiger partial charge >= 0.3 is 0 Å². The zero-order chi connectivity index (χ0) is 13.1. The molecule has 0 aliphatic heterocycles. The van der Waals surface area contributed by atoms with E-state index in [9.17, 15) is 4.79 Å². The third kappa shape index (κ3) is 2.55. The van der Waals surface area contributed by atoms with Crippen molar-refractivity contribution in [3.05, 3.63) is 63.9 Å². The number of carbonyl (C=O) groups is 1. The van der Waals surface area contributed by atoms with Gasteiger partial charge in [-0.05, 0) is 31.2 Å². The lowest BCUT2D eigenvalue weighted by Gasteiger charge is -2.11. The number of nitrogens with zero attached hydrogens (tertiary/aromatic N) is 1. The summed E-state index contributed by atoms with van der Waals surface area (Å²) in [5.41, 5.74) is 1.15. The molecular formula is C14H11Cl2NO. The van der Waals surface area contributed by atoms with Crippen molar-refractivity contribution in [1.82, 2.24) is 4.98 Å². The molecule has 0 radical (unpaired) electrons. The second kappa shape index (κ2) is 5.51. The molecule has 1 heterocycles. The fraction of sp³-hybridized carbons (Fsp3) is 0.143. The molecular weight excluding hydrogens is 269 g/mol. The van der Waals surface area contributed by atoms with Crippen LogP contribution in [0.2, 0.25) is 10.0 Å². The van der Waals surface area contributed by atoms with E-state index >= 15 is 0 Å². The number of hydrogen-bond donors (Lipinski definition) is 0. The third-order valence-corrected chi connectivity index (χ3v) is 3.56. The van der Waals surface area contributed by atoms with Gasteiger partial charge in [0.1, 0.15) is 0 Å². The molecule has 2 rings (SSSR count). The Labute approximate surface area is 116 Å². The number of pyridine rings is 1. The van der Waals surface area contributed by atoms with Crippen molar-refractivity contribution in [2.45, 2.75) is 12.8 Å². The Kier molecular flexibility index (Phi) is 4.00. The molecule has 1 aromatic carbocycles. The molecule has 1 unspecified atom stereocenters. The van der Waals surface area contributed by atoms with Gasteiger partial charge in [0, 0.05) is 11.8 Å². The monoisotopic (exact) mass is 279 g/mol. The lowest BCUT2D eigenvalue weighted by atomic mass is 9.96. The Morgan fingerprint density at radius 2 is 1.94 bits per heavy atom. The first-order valence-corrected chi connectivity index (χ1v) is 6.26. The molecule has 0 N–H and O–H groups in total. The second-order valence-corrected chi connectivity index (χ2v) is 4.73. The summed E-state index contributed by atoms with van der Waals surface area (Å²) < 4.78 is 0. The van der Waals surface area contributed by atoms with Crippen molar-refractivity contribution in [1.29, 1.82) is 0 Å². The lowest BCUT2D eigenvalue weighted by Crippen LogP contribution is -2.11. The first-order valence-electron chi connectivity index (χ1n) is 5.50. The minimum Gasteiger partial charge on any atom is -0.293 e. The van der Waals surface area contributed by atoms with E-state index in [2.05, 4.69) is 4.98 Å². The summed E-state index contributed by atoms with van der Waals surface area (Å²) in [6.07, 6.45) is 1.67. The number of rotatable bonds is 3. The number of halogens is 2. The molecule has 2 aromatic rings. The number of benzene rings is 1. The summed E-state index contributed by atoms with van der Waals surface area (Å²) in [7, 11) is 0. The van der Waals surface area contributed by atoms with Gasteiger partial charge in [-0.1, -0.05) is 35.3 Å². The maximum Gasteiger partial charge on any atom is 0.173 e. The van der Waals surface area contributed by atoms with E-state index in [1.807, 2.05) is 25.1 Å². The minimum absolute atomic E-state index is 0.0822. The first kappa shape index (κ1) is 13.1. The molecule has 0 amide bonds. The molecule has 0 saturated carbocycles. The third-order valence-electron chi connectivity index (χ3n) is 2.74. The lowest BCUT2D eigenvalue weighted by molar-refractivity contribution is 0.0964. The average molecular weight is 280 g/mol. The average Bonchev–Trinajstić information content (AvgIpc) is 2.41. The smallest absolute Gasteiger partial charge is 0.173 e. The molecule has 0 spiro atoms. The molecule has 1 atom stereocenters. The summed E-state index contributed by atoms with van der Waals surface area (Å²) in [5, 5.41) is 0.683. The van der Waals surface area contributed by atoms with E-state index in [4.69, 9.17) is 23.2 Å². The van der Waals surface area contributed by atoms with Crippen LogP contribution in [0.3, 0.4) is 0 Å². The van der Waals surface area contributed by atoms with E-state index in [0.717, 1.165) is 5.69 Å². The Morgan fingerprint density at radius 3 is 2.61 bits per heavy atom. The molecule has 18 heavy (non-hydrogen) atoms. The number of carbonyl (C=O) groups excluding carboxylic acids is 1. The van der Waals surface area contributed by atoms with Crippen LogP contribution in [0.15, 0.2) is 42.6 Å². The maximum atomic E-state index is 12.3. The fourth-order valence-corrected chi connectivity index (χ4v) is 2.09. The van der Waals surface area contributed by atoms with E-state index in [1.54, 1.807) is 24.4 Å². The van der Waals surface area contributed by atoms with Gasteiger partial charge in [-0.3, -0.25) is 9.78 Å². The van der Waals surface area contributed by atoms with Crippen LogP contribution in [0.5, 0.6) is 0 Å². The van der Waals surface area contributed by atoms with Gasteiger partial charge < -0.3 is 0 Å². The SMILES string of the molecule is CC(C(=O)c1cccc(Cl)c1Cl)c1ccccn1. The largest absolute Gasteiger partial charge is 0.293 e. The highest BCUT2D eigenvalue weighted by molar-refractivity contribution is 6.44. The van der Waals surface area contributed by atoms with Crippen LogP contribution in [-0.2, 0) is 0 Å². The standard InChI is InChI=1S/C14H11Cl2NO/c1-9(12-7-2-3-8-17-12)14(18)10-5-4-6-11(15)13(10)16/h2-9H,1H3. The summed E-state index contributed by atoms with van der Waals surface area (Å²) in [6.45, 7) is 1.81. The summed E-state index contributed by atoms with van der Waals surface area (Å²) in [4.78, 5) is 16.5. The second-order valence-electron chi connectivity index (χ2n) is 3.94. The summed E-state index contributed by atoms with van der Waals surface area (Å²) in [5.74, 6) is -0.427. The zero-order valence-corrected chi connectivity index (χ0v) is 11.2. The van der Waals surface area contributed by atoms with Crippen LogP contribution in [0.25, 0.3) is 0 Å². The number of hydrogen-bond acceptors (Lipinski definition) is 2. The van der Waals surface area contributed by atoms with Gasteiger partial charge in [0.2, 0.25) is 0 Å². The van der Waals surface area contributed by atoms with Crippen LogP contribution >= 0.6 is 23.2 Å².